The topological polar surface area (TPSA) is 73.2 Å². The van der Waals surface area contributed by atoms with Crippen molar-refractivity contribution >= 4 is 23.6 Å². The summed E-state index contributed by atoms with van der Waals surface area (Å²) in [5, 5.41) is 7.16. The van der Waals surface area contributed by atoms with Crippen LogP contribution in [-0.4, -0.2) is 27.8 Å². The second-order valence-corrected chi connectivity index (χ2v) is 7.02. The molecule has 0 radical (unpaired) electrons. The number of benzene rings is 2. The van der Waals surface area contributed by atoms with Gasteiger partial charge in [-0.1, -0.05) is 48.5 Å². The number of hydrogen-bond acceptors (Lipinski definition) is 4. The monoisotopic (exact) mass is 403 g/mol. The molecule has 0 unspecified atom stereocenters. The van der Waals surface area contributed by atoms with Crippen LogP contribution in [0.25, 0.3) is 17.2 Å². The van der Waals surface area contributed by atoms with Gasteiger partial charge in [-0.25, -0.2) is 4.79 Å². The first-order valence-corrected chi connectivity index (χ1v) is 9.71. The quantitative estimate of drug-likeness (QED) is 0.492. The van der Waals surface area contributed by atoms with Crippen LogP contribution in [0.3, 0.4) is 0 Å². The molecule has 2 aromatic carbocycles. The molecule has 6 nitrogen and oxygen atoms in total. The van der Waals surface area contributed by atoms with Gasteiger partial charge in [-0.3, -0.25) is 9.48 Å². The van der Waals surface area contributed by atoms with Crippen LogP contribution < -0.4 is 5.32 Å². The maximum absolute atomic E-state index is 12.6. The molecule has 0 saturated heterocycles. The van der Waals surface area contributed by atoms with Crippen LogP contribution in [0.5, 0.6) is 0 Å². The summed E-state index contributed by atoms with van der Waals surface area (Å²) in [6, 6.07) is 17.3. The Labute approximate surface area is 176 Å². The van der Waals surface area contributed by atoms with Gasteiger partial charge in [0.15, 0.2) is 6.10 Å². The minimum absolute atomic E-state index is 0.395. The molecule has 0 bridgehead atoms. The highest BCUT2D eigenvalue weighted by Gasteiger charge is 2.18. The fourth-order valence-corrected chi connectivity index (χ4v) is 3.15. The molecular formula is C24H25N3O3. The molecule has 0 aliphatic heterocycles. The Balaban J connectivity index is 1.66. The van der Waals surface area contributed by atoms with E-state index in [4.69, 9.17) is 4.74 Å². The normalized spacial score (nSPS) is 12.0. The van der Waals surface area contributed by atoms with E-state index >= 15 is 0 Å². The van der Waals surface area contributed by atoms with Crippen molar-refractivity contribution in [1.29, 1.82) is 0 Å². The van der Waals surface area contributed by atoms with E-state index in [2.05, 4.69) is 10.4 Å². The van der Waals surface area contributed by atoms with Gasteiger partial charge < -0.3 is 10.1 Å². The van der Waals surface area contributed by atoms with Crippen molar-refractivity contribution in [1.82, 2.24) is 9.78 Å². The molecule has 0 aliphatic rings. The first-order chi connectivity index (χ1) is 14.4. The van der Waals surface area contributed by atoms with Crippen molar-refractivity contribution in [2.75, 3.05) is 5.32 Å². The van der Waals surface area contributed by atoms with Gasteiger partial charge >= 0.3 is 5.97 Å². The van der Waals surface area contributed by atoms with Gasteiger partial charge in [-0.15, -0.1) is 0 Å². The van der Waals surface area contributed by atoms with E-state index in [9.17, 15) is 9.59 Å². The third-order valence-corrected chi connectivity index (χ3v) is 4.88. The van der Waals surface area contributed by atoms with Gasteiger partial charge in [-0.05, 0) is 38.5 Å². The standard InChI is InChI=1S/C24H25N3O3/c1-16-20(17(2)27(4)26-16)14-15-23(28)30-18(3)24(29)25-22-13-9-8-12-21(22)19-10-6-5-7-11-19/h5-15,18H,1-4H3,(H,25,29)/b15-14+/t18-/m1/s1. The van der Waals surface area contributed by atoms with Crippen LogP contribution in [-0.2, 0) is 21.4 Å². The van der Waals surface area contributed by atoms with E-state index in [1.54, 1.807) is 17.7 Å². The second kappa shape index (κ2) is 9.22. The number of carbonyl (C=O) groups excluding carboxylic acids is 2. The van der Waals surface area contributed by atoms with Crippen molar-refractivity contribution in [3.05, 3.63) is 77.6 Å². The van der Waals surface area contributed by atoms with Crippen molar-refractivity contribution in [3.63, 3.8) is 0 Å². The van der Waals surface area contributed by atoms with E-state index in [1.807, 2.05) is 75.5 Å². The molecule has 0 aliphatic carbocycles. The fraction of sp³-hybridized carbons (Fsp3) is 0.208. The summed E-state index contributed by atoms with van der Waals surface area (Å²) in [7, 11) is 1.84. The highest BCUT2D eigenvalue weighted by atomic mass is 16.5. The lowest BCUT2D eigenvalue weighted by atomic mass is 10.0. The summed E-state index contributed by atoms with van der Waals surface area (Å²) in [5.74, 6) is -0.981. The zero-order valence-electron chi connectivity index (χ0n) is 17.5. The Kier molecular flexibility index (Phi) is 6.47. The summed E-state index contributed by atoms with van der Waals surface area (Å²) < 4.78 is 7.02. The average molecular weight is 403 g/mol. The summed E-state index contributed by atoms with van der Waals surface area (Å²) in [4.78, 5) is 24.8. The Morgan fingerprint density at radius 1 is 1.07 bits per heavy atom. The molecule has 1 heterocycles. The van der Waals surface area contributed by atoms with E-state index in [0.717, 1.165) is 28.1 Å². The SMILES string of the molecule is Cc1nn(C)c(C)c1/C=C/C(=O)O[C@H](C)C(=O)Nc1ccccc1-c1ccccc1. The van der Waals surface area contributed by atoms with E-state index in [0.29, 0.717) is 5.69 Å². The van der Waals surface area contributed by atoms with E-state index in [-0.39, 0.29) is 0 Å². The summed E-state index contributed by atoms with van der Waals surface area (Å²) in [6.45, 7) is 5.34. The van der Waals surface area contributed by atoms with Gasteiger partial charge in [0.25, 0.3) is 5.91 Å². The first kappa shape index (κ1) is 21.0. The molecule has 154 valence electrons. The molecule has 0 saturated carbocycles. The van der Waals surface area contributed by atoms with Crippen LogP contribution in [0.1, 0.15) is 23.9 Å². The van der Waals surface area contributed by atoms with Gasteiger partial charge in [-0.2, -0.15) is 5.10 Å². The second-order valence-electron chi connectivity index (χ2n) is 7.02. The Hall–Kier alpha value is -3.67. The third-order valence-electron chi connectivity index (χ3n) is 4.88. The van der Waals surface area contributed by atoms with E-state index in [1.165, 1.54) is 6.08 Å². The molecule has 1 aromatic heterocycles. The largest absolute Gasteiger partial charge is 0.449 e. The lowest BCUT2D eigenvalue weighted by molar-refractivity contribution is -0.148. The number of esters is 1. The number of ether oxygens (including phenoxy) is 1. The van der Waals surface area contributed by atoms with Crippen molar-refractivity contribution in [3.8, 4) is 11.1 Å². The van der Waals surface area contributed by atoms with Crippen molar-refractivity contribution in [2.24, 2.45) is 7.05 Å². The minimum Gasteiger partial charge on any atom is -0.449 e. The number of carbonyl (C=O) groups is 2. The van der Waals surface area contributed by atoms with Crippen LogP contribution in [0.2, 0.25) is 0 Å². The highest BCUT2D eigenvalue weighted by Crippen LogP contribution is 2.27. The lowest BCUT2D eigenvalue weighted by Gasteiger charge is -2.15. The predicted octanol–water partition coefficient (Wildman–Crippen LogP) is 4.29. The zero-order chi connectivity index (χ0) is 21.7. The molecule has 0 fully saturated rings. The number of rotatable bonds is 6. The number of para-hydroxylation sites is 1. The number of aryl methyl sites for hydroxylation is 2. The summed E-state index contributed by atoms with van der Waals surface area (Å²) in [6.07, 6.45) is 2.04. The number of amides is 1. The molecule has 1 amide bonds. The summed E-state index contributed by atoms with van der Waals surface area (Å²) >= 11 is 0. The molecule has 30 heavy (non-hydrogen) atoms. The van der Waals surface area contributed by atoms with E-state index < -0.39 is 18.0 Å². The fourth-order valence-electron chi connectivity index (χ4n) is 3.15. The van der Waals surface area contributed by atoms with Gasteiger partial charge in [0, 0.05) is 35.6 Å². The zero-order valence-corrected chi connectivity index (χ0v) is 17.5. The highest BCUT2D eigenvalue weighted by molar-refractivity contribution is 5.99. The van der Waals surface area contributed by atoms with Crippen LogP contribution in [0.4, 0.5) is 5.69 Å². The van der Waals surface area contributed by atoms with Gasteiger partial charge in [0.2, 0.25) is 0 Å². The maximum atomic E-state index is 12.6. The lowest BCUT2D eigenvalue weighted by Crippen LogP contribution is -2.29. The number of hydrogen-bond donors (Lipinski definition) is 1. The first-order valence-electron chi connectivity index (χ1n) is 9.71. The molecule has 1 atom stereocenters. The van der Waals surface area contributed by atoms with Crippen LogP contribution in [0, 0.1) is 13.8 Å². The average Bonchev–Trinajstić information content (AvgIpc) is 2.98. The molecule has 3 rings (SSSR count). The number of nitrogens with zero attached hydrogens (tertiary/aromatic N) is 2. The van der Waals surface area contributed by atoms with Crippen molar-refractivity contribution < 1.29 is 14.3 Å². The summed E-state index contributed by atoms with van der Waals surface area (Å²) in [5.41, 5.74) is 5.18. The molecule has 3 aromatic rings. The number of aromatic nitrogens is 2. The minimum atomic E-state index is -0.943. The number of nitrogens with one attached hydrogen (secondary N) is 1. The van der Waals surface area contributed by atoms with Gasteiger partial charge in [0.05, 0.1) is 5.69 Å². The number of anilines is 1. The third kappa shape index (κ3) is 4.84. The molecular weight excluding hydrogens is 378 g/mol. The molecule has 0 spiro atoms. The molecule has 6 heteroatoms. The predicted molar refractivity (Wildman–Crippen MR) is 118 cm³/mol. The maximum Gasteiger partial charge on any atom is 0.331 e. The Bertz CT molecular complexity index is 1080. The van der Waals surface area contributed by atoms with Crippen LogP contribution >= 0.6 is 0 Å². The Morgan fingerprint density at radius 2 is 1.73 bits per heavy atom. The molecule has 1 N–H and O–H groups in total. The Morgan fingerprint density at radius 3 is 2.40 bits per heavy atom. The van der Waals surface area contributed by atoms with Crippen LogP contribution in [0.15, 0.2) is 60.7 Å². The smallest absolute Gasteiger partial charge is 0.331 e. The van der Waals surface area contributed by atoms with Crippen molar-refractivity contribution in [2.45, 2.75) is 26.9 Å². The van der Waals surface area contributed by atoms with Gasteiger partial charge in [0.1, 0.15) is 0 Å².